The summed E-state index contributed by atoms with van der Waals surface area (Å²) >= 11 is 0. The molecule has 1 heterocycles. The number of carbonyl (C=O) groups is 2. The van der Waals surface area contributed by atoms with E-state index in [9.17, 15) is 9.59 Å². The fourth-order valence-corrected chi connectivity index (χ4v) is 12.6. The van der Waals surface area contributed by atoms with Crippen LogP contribution in [0.15, 0.2) is 0 Å². The minimum Gasteiger partial charge on any atom is -0.463 e. The van der Waals surface area contributed by atoms with E-state index in [1.54, 1.807) is 0 Å². The van der Waals surface area contributed by atoms with Crippen molar-refractivity contribution in [1.29, 1.82) is 0 Å². The molecular formula is C12H34O10Si6. The Hall–Kier alpha value is 0.00130. The van der Waals surface area contributed by atoms with Crippen molar-refractivity contribution in [3.8, 4) is 0 Å². The van der Waals surface area contributed by atoms with Gasteiger partial charge in [0.25, 0.3) is 60.0 Å². The average molecular weight is 507 g/mol. The van der Waals surface area contributed by atoms with E-state index in [4.69, 9.17) is 34.2 Å². The van der Waals surface area contributed by atoms with Gasteiger partial charge in [0.05, 0.1) is 12.2 Å². The van der Waals surface area contributed by atoms with Crippen molar-refractivity contribution >= 4 is 72.0 Å². The second kappa shape index (κ2) is 20.3. The van der Waals surface area contributed by atoms with Crippen LogP contribution in [0.25, 0.3) is 0 Å². The van der Waals surface area contributed by atoms with Gasteiger partial charge < -0.3 is 34.2 Å². The standard InChI is InChI=1S/C12H22O4.H12O6Si6/c1-9(2)15-11(13)7-5-6-8-12(14)16-10(3)4;1-7-2-9-4-11-6-12-5-10-3-8-1/h9-10H,5-8H2,1-4H3;7-12H2. The Morgan fingerprint density at radius 2 is 0.857 bits per heavy atom. The van der Waals surface area contributed by atoms with Gasteiger partial charge in [0, 0.05) is 12.8 Å². The lowest BCUT2D eigenvalue weighted by Crippen LogP contribution is -2.23. The SMILES string of the molecule is CC(C)OC(=O)CCCCC(=O)OC(C)C.O1[SiH2]O[SiH2]O[SiH2]O[SiH2]O[SiH2]O[SiH2]1. The summed E-state index contributed by atoms with van der Waals surface area (Å²) in [4.78, 5) is 22.3. The van der Waals surface area contributed by atoms with Crippen molar-refractivity contribution in [1.82, 2.24) is 0 Å². The molecule has 1 aliphatic heterocycles. The molecule has 0 atom stereocenters. The van der Waals surface area contributed by atoms with Crippen LogP contribution in [-0.4, -0.2) is 84.2 Å². The van der Waals surface area contributed by atoms with Gasteiger partial charge in [-0.1, -0.05) is 0 Å². The molecule has 1 fully saturated rings. The molecule has 0 unspecified atom stereocenters. The molecule has 1 saturated heterocycles. The zero-order chi connectivity index (χ0) is 21.0. The molecular weight excluding hydrogens is 473 g/mol. The van der Waals surface area contributed by atoms with E-state index in [2.05, 4.69) is 0 Å². The molecule has 0 saturated carbocycles. The maximum absolute atomic E-state index is 11.1. The third-order valence-corrected chi connectivity index (χ3v) is 10.7. The Labute approximate surface area is 181 Å². The summed E-state index contributed by atoms with van der Waals surface area (Å²) in [5.74, 6) is -0.403. The van der Waals surface area contributed by atoms with Crippen LogP contribution in [0.5, 0.6) is 0 Å². The van der Waals surface area contributed by atoms with Crippen molar-refractivity contribution in [2.24, 2.45) is 0 Å². The van der Waals surface area contributed by atoms with Gasteiger partial charge in [-0.3, -0.25) is 9.59 Å². The van der Waals surface area contributed by atoms with Crippen LogP contribution in [0.3, 0.4) is 0 Å². The van der Waals surface area contributed by atoms with E-state index < -0.39 is 60.0 Å². The molecule has 0 N–H and O–H groups in total. The molecule has 1 aliphatic rings. The van der Waals surface area contributed by atoms with Crippen LogP contribution < -0.4 is 0 Å². The number of esters is 2. The Morgan fingerprint density at radius 1 is 0.607 bits per heavy atom. The number of ether oxygens (including phenoxy) is 2. The molecule has 0 radical (unpaired) electrons. The summed E-state index contributed by atoms with van der Waals surface area (Å²) in [6.45, 7) is 7.27. The molecule has 0 aromatic carbocycles. The van der Waals surface area contributed by atoms with Gasteiger partial charge in [-0.25, -0.2) is 0 Å². The number of unbranched alkanes of at least 4 members (excludes halogenated alkanes) is 1. The van der Waals surface area contributed by atoms with Crippen molar-refractivity contribution < 1.29 is 43.8 Å². The van der Waals surface area contributed by atoms with E-state index in [1.807, 2.05) is 27.7 Å². The molecule has 0 aromatic rings. The monoisotopic (exact) mass is 506 g/mol. The highest BCUT2D eigenvalue weighted by Gasteiger charge is 2.08. The van der Waals surface area contributed by atoms with E-state index in [0.29, 0.717) is 25.7 Å². The third-order valence-electron chi connectivity index (χ3n) is 2.75. The second-order valence-electron chi connectivity index (χ2n) is 6.22. The van der Waals surface area contributed by atoms with Crippen LogP contribution in [0, 0.1) is 0 Å². The van der Waals surface area contributed by atoms with Crippen LogP contribution in [-0.2, 0) is 43.8 Å². The maximum atomic E-state index is 11.1. The molecule has 28 heavy (non-hydrogen) atoms. The van der Waals surface area contributed by atoms with Gasteiger partial charge in [0.1, 0.15) is 0 Å². The predicted octanol–water partition coefficient (Wildman–Crippen LogP) is -3.46. The fourth-order valence-electron chi connectivity index (χ4n) is 1.74. The maximum Gasteiger partial charge on any atom is 0.306 e. The average Bonchev–Trinajstić information content (AvgIpc) is 2.58. The molecule has 166 valence electrons. The Kier molecular flexibility index (Phi) is 20.3. The highest BCUT2D eigenvalue weighted by atomic mass is 28.4. The largest absolute Gasteiger partial charge is 0.463 e. The second-order valence-corrected chi connectivity index (χ2v) is 17.4. The smallest absolute Gasteiger partial charge is 0.306 e. The van der Waals surface area contributed by atoms with Crippen LogP contribution in [0.4, 0.5) is 0 Å². The number of hydrogen-bond donors (Lipinski definition) is 0. The van der Waals surface area contributed by atoms with Crippen LogP contribution in [0.2, 0.25) is 0 Å². The fraction of sp³-hybridized carbons (Fsp3) is 0.833. The summed E-state index contributed by atoms with van der Waals surface area (Å²) in [7, 11) is -4.77. The Bertz CT molecular complexity index is 336. The zero-order valence-corrected chi connectivity index (χ0v) is 25.8. The first-order valence-electron chi connectivity index (χ1n) is 9.27. The summed E-state index contributed by atoms with van der Waals surface area (Å²) < 4.78 is 41.4. The lowest BCUT2D eigenvalue weighted by molar-refractivity contribution is -0.149. The van der Waals surface area contributed by atoms with E-state index in [-0.39, 0.29) is 24.1 Å². The molecule has 0 aromatic heterocycles. The summed E-state index contributed by atoms with van der Waals surface area (Å²) in [5.41, 5.74) is 0. The first kappa shape index (κ1) is 28.0. The minimum absolute atomic E-state index is 0.0709. The number of carbonyl (C=O) groups excluding carboxylic acids is 2. The molecule has 10 nitrogen and oxygen atoms in total. The quantitative estimate of drug-likeness (QED) is 0.196. The van der Waals surface area contributed by atoms with E-state index >= 15 is 0 Å². The van der Waals surface area contributed by atoms with Gasteiger partial charge in [-0.2, -0.15) is 0 Å². The lowest BCUT2D eigenvalue weighted by atomic mass is 10.2. The van der Waals surface area contributed by atoms with E-state index in [1.165, 1.54) is 0 Å². The van der Waals surface area contributed by atoms with Crippen molar-refractivity contribution in [2.45, 2.75) is 65.6 Å². The third kappa shape index (κ3) is 22.3. The Morgan fingerprint density at radius 3 is 1.07 bits per heavy atom. The normalized spacial score (nSPS) is 21.5. The van der Waals surface area contributed by atoms with Gasteiger partial charge in [-0.05, 0) is 40.5 Å². The van der Waals surface area contributed by atoms with Crippen LogP contribution >= 0.6 is 0 Å². The first-order chi connectivity index (χ1) is 13.4. The van der Waals surface area contributed by atoms with Gasteiger partial charge in [-0.15, -0.1) is 0 Å². The van der Waals surface area contributed by atoms with Crippen LogP contribution in [0.1, 0.15) is 53.4 Å². The topological polar surface area (TPSA) is 108 Å². The minimum atomic E-state index is -0.795. The number of rotatable bonds is 7. The van der Waals surface area contributed by atoms with Crippen molar-refractivity contribution in [3.05, 3.63) is 0 Å². The van der Waals surface area contributed by atoms with Gasteiger partial charge >= 0.3 is 11.9 Å². The molecule has 0 aliphatic carbocycles. The first-order valence-corrected chi connectivity index (χ1v) is 16.2. The molecule has 1 rings (SSSR count). The van der Waals surface area contributed by atoms with Crippen molar-refractivity contribution in [3.63, 3.8) is 0 Å². The highest BCUT2D eigenvalue weighted by Crippen LogP contribution is 2.05. The van der Waals surface area contributed by atoms with E-state index in [0.717, 1.165) is 0 Å². The molecule has 0 spiro atoms. The molecule has 16 heteroatoms. The molecule has 0 amide bonds. The zero-order valence-electron chi connectivity index (χ0n) is 17.3. The van der Waals surface area contributed by atoms with Gasteiger partial charge in [0.15, 0.2) is 0 Å². The summed E-state index contributed by atoms with van der Waals surface area (Å²) in [6, 6.07) is 0. The van der Waals surface area contributed by atoms with Gasteiger partial charge in [0.2, 0.25) is 0 Å². The highest BCUT2D eigenvalue weighted by molar-refractivity contribution is 6.50. The number of hydrogen-bond acceptors (Lipinski definition) is 10. The lowest BCUT2D eigenvalue weighted by Gasteiger charge is -2.10. The molecule has 0 bridgehead atoms. The predicted molar refractivity (Wildman–Crippen MR) is 119 cm³/mol. The van der Waals surface area contributed by atoms with Crippen molar-refractivity contribution in [2.75, 3.05) is 0 Å². The summed E-state index contributed by atoms with van der Waals surface area (Å²) in [6.07, 6.45) is 1.93. The summed E-state index contributed by atoms with van der Waals surface area (Å²) in [5, 5.41) is 0. The Balaban J connectivity index is 0.000000540.